The number of amides is 1. The Hall–Kier alpha value is -0.570. The van der Waals surface area contributed by atoms with Crippen molar-refractivity contribution in [2.75, 3.05) is 6.54 Å². The molecular weight excluding hydrogens is 188 g/mol. The van der Waals surface area contributed by atoms with Gasteiger partial charge in [0.25, 0.3) is 0 Å². The first-order valence-corrected chi connectivity index (χ1v) is 5.93. The van der Waals surface area contributed by atoms with E-state index in [0.717, 1.165) is 19.3 Å². The van der Waals surface area contributed by atoms with Crippen LogP contribution in [-0.4, -0.2) is 18.5 Å². The summed E-state index contributed by atoms with van der Waals surface area (Å²) >= 11 is 0. The third-order valence-electron chi connectivity index (χ3n) is 2.97. The highest BCUT2D eigenvalue weighted by Gasteiger charge is 2.27. The van der Waals surface area contributed by atoms with Crippen LogP contribution in [0.4, 0.5) is 0 Å². The minimum absolute atomic E-state index is 0.0226. The fraction of sp³-hybridized carbons (Fsp3) is 0.917. The van der Waals surface area contributed by atoms with Gasteiger partial charge in [-0.25, -0.2) is 0 Å². The van der Waals surface area contributed by atoms with Gasteiger partial charge in [0.05, 0.1) is 5.92 Å². The van der Waals surface area contributed by atoms with E-state index in [1.165, 1.54) is 6.42 Å². The minimum Gasteiger partial charge on any atom is -0.353 e. The van der Waals surface area contributed by atoms with Crippen molar-refractivity contribution in [1.82, 2.24) is 5.32 Å². The second kappa shape index (κ2) is 4.97. The molecular formula is C12H24N2O. The zero-order chi connectivity index (χ0) is 11.5. The Kier molecular flexibility index (Phi) is 4.14. The SMILES string of the molecule is CC(C)(C)CC(CN)C(=O)NC1CCC1. The lowest BCUT2D eigenvalue weighted by atomic mass is 9.83. The fourth-order valence-corrected chi connectivity index (χ4v) is 1.89. The van der Waals surface area contributed by atoms with E-state index in [-0.39, 0.29) is 17.2 Å². The molecule has 3 N–H and O–H groups in total. The predicted octanol–water partition coefficient (Wildman–Crippen LogP) is 1.67. The Bertz CT molecular complexity index is 216. The molecule has 1 saturated carbocycles. The van der Waals surface area contributed by atoms with Crippen LogP contribution >= 0.6 is 0 Å². The van der Waals surface area contributed by atoms with Crippen molar-refractivity contribution in [3.8, 4) is 0 Å². The molecule has 0 bridgehead atoms. The maximum atomic E-state index is 11.9. The third-order valence-corrected chi connectivity index (χ3v) is 2.97. The van der Waals surface area contributed by atoms with Crippen LogP contribution in [0.25, 0.3) is 0 Å². The molecule has 1 aliphatic carbocycles. The average Bonchev–Trinajstić information content (AvgIpc) is 2.05. The Balaban J connectivity index is 2.38. The number of nitrogens with one attached hydrogen (secondary N) is 1. The topological polar surface area (TPSA) is 55.1 Å². The number of carbonyl (C=O) groups excluding carboxylic acids is 1. The third kappa shape index (κ3) is 4.20. The lowest BCUT2D eigenvalue weighted by Crippen LogP contribution is -2.45. The number of nitrogens with two attached hydrogens (primary N) is 1. The van der Waals surface area contributed by atoms with E-state index < -0.39 is 0 Å². The van der Waals surface area contributed by atoms with E-state index in [0.29, 0.717) is 12.6 Å². The van der Waals surface area contributed by atoms with Crippen LogP contribution in [0.3, 0.4) is 0 Å². The van der Waals surface area contributed by atoms with E-state index in [1.807, 2.05) is 0 Å². The van der Waals surface area contributed by atoms with Crippen LogP contribution in [-0.2, 0) is 4.79 Å². The van der Waals surface area contributed by atoms with Gasteiger partial charge in [0.15, 0.2) is 0 Å². The molecule has 0 aliphatic heterocycles. The highest BCUT2D eigenvalue weighted by Crippen LogP contribution is 2.25. The van der Waals surface area contributed by atoms with E-state index in [9.17, 15) is 4.79 Å². The second-order valence-electron chi connectivity index (χ2n) is 5.83. The monoisotopic (exact) mass is 212 g/mol. The summed E-state index contributed by atoms with van der Waals surface area (Å²) in [6, 6.07) is 0.423. The van der Waals surface area contributed by atoms with Gasteiger partial charge in [-0.15, -0.1) is 0 Å². The van der Waals surface area contributed by atoms with Gasteiger partial charge >= 0.3 is 0 Å². The van der Waals surface area contributed by atoms with Gasteiger partial charge in [0, 0.05) is 12.6 Å². The molecule has 0 saturated heterocycles. The van der Waals surface area contributed by atoms with Gasteiger partial charge in [-0.05, 0) is 31.1 Å². The van der Waals surface area contributed by atoms with E-state index >= 15 is 0 Å². The predicted molar refractivity (Wildman–Crippen MR) is 62.4 cm³/mol. The number of carbonyl (C=O) groups is 1. The summed E-state index contributed by atoms with van der Waals surface area (Å²) in [6.07, 6.45) is 4.39. The average molecular weight is 212 g/mol. The molecule has 3 heteroatoms. The van der Waals surface area contributed by atoms with Crippen LogP contribution in [0.1, 0.15) is 46.5 Å². The molecule has 1 atom stereocenters. The van der Waals surface area contributed by atoms with Crippen molar-refractivity contribution in [3.63, 3.8) is 0 Å². The largest absolute Gasteiger partial charge is 0.353 e. The normalized spacial score (nSPS) is 19.5. The van der Waals surface area contributed by atoms with Gasteiger partial charge in [-0.2, -0.15) is 0 Å². The Labute approximate surface area is 92.8 Å². The molecule has 15 heavy (non-hydrogen) atoms. The smallest absolute Gasteiger partial charge is 0.224 e. The Morgan fingerprint density at radius 1 is 1.47 bits per heavy atom. The zero-order valence-electron chi connectivity index (χ0n) is 10.2. The summed E-state index contributed by atoms with van der Waals surface area (Å²) in [5.74, 6) is 0.128. The van der Waals surface area contributed by atoms with E-state index in [4.69, 9.17) is 5.73 Å². The first-order chi connectivity index (χ1) is 6.92. The van der Waals surface area contributed by atoms with Crippen molar-refractivity contribution in [3.05, 3.63) is 0 Å². The van der Waals surface area contributed by atoms with Gasteiger partial charge in [-0.1, -0.05) is 20.8 Å². The van der Waals surface area contributed by atoms with Crippen molar-refractivity contribution in [1.29, 1.82) is 0 Å². The van der Waals surface area contributed by atoms with E-state index in [1.54, 1.807) is 0 Å². The lowest BCUT2D eigenvalue weighted by Gasteiger charge is -2.30. The second-order valence-corrected chi connectivity index (χ2v) is 5.83. The fourth-order valence-electron chi connectivity index (χ4n) is 1.89. The van der Waals surface area contributed by atoms with Crippen LogP contribution in [0.5, 0.6) is 0 Å². The van der Waals surface area contributed by atoms with E-state index in [2.05, 4.69) is 26.1 Å². The summed E-state index contributed by atoms with van der Waals surface area (Å²) in [6.45, 7) is 6.89. The van der Waals surface area contributed by atoms with Gasteiger partial charge in [0.2, 0.25) is 5.91 Å². The molecule has 88 valence electrons. The lowest BCUT2D eigenvalue weighted by molar-refractivity contribution is -0.126. The molecule has 0 aromatic heterocycles. The minimum atomic E-state index is -0.0226. The molecule has 1 rings (SSSR count). The molecule has 1 unspecified atom stereocenters. The molecule has 1 amide bonds. The van der Waals surface area contributed by atoms with Crippen LogP contribution in [0.15, 0.2) is 0 Å². The van der Waals surface area contributed by atoms with Gasteiger partial charge in [-0.3, -0.25) is 4.79 Å². The van der Waals surface area contributed by atoms with Crippen LogP contribution in [0, 0.1) is 11.3 Å². The number of hydrogen-bond donors (Lipinski definition) is 2. The maximum Gasteiger partial charge on any atom is 0.224 e. The van der Waals surface area contributed by atoms with Crippen molar-refractivity contribution in [2.24, 2.45) is 17.1 Å². The molecule has 0 aromatic carbocycles. The number of hydrogen-bond acceptors (Lipinski definition) is 2. The van der Waals surface area contributed by atoms with Crippen molar-refractivity contribution >= 4 is 5.91 Å². The highest BCUT2D eigenvalue weighted by atomic mass is 16.2. The quantitative estimate of drug-likeness (QED) is 0.744. The highest BCUT2D eigenvalue weighted by molar-refractivity contribution is 5.79. The van der Waals surface area contributed by atoms with Crippen LogP contribution < -0.4 is 11.1 Å². The van der Waals surface area contributed by atoms with Crippen molar-refractivity contribution in [2.45, 2.75) is 52.5 Å². The molecule has 3 nitrogen and oxygen atoms in total. The molecule has 1 aliphatic rings. The van der Waals surface area contributed by atoms with Gasteiger partial charge < -0.3 is 11.1 Å². The Morgan fingerprint density at radius 2 is 2.07 bits per heavy atom. The summed E-state index contributed by atoms with van der Waals surface area (Å²) in [4.78, 5) is 11.9. The first-order valence-electron chi connectivity index (χ1n) is 5.93. The summed E-state index contributed by atoms with van der Waals surface area (Å²) < 4.78 is 0. The summed E-state index contributed by atoms with van der Waals surface area (Å²) in [5.41, 5.74) is 5.82. The number of rotatable bonds is 4. The first kappa shape index (κ1) is 12.5. The molecule has 1 fully saturated rings. The summed E-state index contributed by atoms with van der Waals surface area (Å²) in [7, 11) is 0. The molecule has 0 spiro atoms. The van der Waals surface area contributed by atoms with Gasteiger partial charge in [0.1, 0.15) is 0 Å². The van der Waals surface area contributed by atoms with Crippen LogP contribution in [0.2, 0.25) is 0 Å². The molecule has 0 radical (unpaired) electrons. The molecule has 0 aromatic rings. The van der Waals surface area contributed by atoms with Crippen molar-refractivity contribution < 1.29 is 4.79 Å². The standard InChI is InChI=1S/C12H24N2O/c1-12(2,3)7-9(8-13)11(15)14-10-5-4-6-10/h9-10H,4-8,13H2,1-3H3,(H,14,15). The Morgan fingerprint density at radius 3 is 2.40 bits per heavy atom. The maximum absolute atomic E-state index is 11.9. The molecule has 0 heterocycles. The zero-order valence-corrected chi connectivity index (χ0v) is 10.2. The summed E-state index contributed by atoms with van der Waals surface area (Å²) in [5, 5.41) is 3.07.